The molecular formula is C30H43N5O6. The zero-order chi connectivity index (χ0) is 29.9. The van der Waals surface area contributed by atoms with Crippen molar-refractivity contribution >= 4 is 24.0 Å². The maximum Gasteiger partial charge on any atom is 0.407 e. The largest absolute Gasteiger partial charge is 0.480 e. The van der Waals surface area contributed by atoms with E-state index in [1.165, 1.54) is 0 Å². The van der Waals surface area contributed by atoms with Crippen LogP contribution in [0.2, 0.25) is 0 Å². The zero-order valence-electron chi connectivity index (χ0n) is 23.6. The molecule has 0 fully saturated rings. The average Bonchev–Trinajstić information content (AvgIpc) is 2.98. The fraction of sp³-hybridized carbons (Fsp3) is 0.467. The van der Waals surface area contributed by atoms with Gasteiger partial charge in [0.05, 0.1) is 0 Å². The molecule has 0 aliphatic rings. The number of hydrogen-bond donors (Lipinski definition) is 6. The molecule has 7 N–H and O–H groups in total. The van der Waals surface area contributed by atoms with Crippen LogP contribution in [0, 0.1) is 0 Å². The molecule has 0 heterocycles. The maximum absolute atomic E-state index is 13.1. The molecule has 0 spiro atoms. The van der Waals surface area contributed by atoms with E-state index in [9.17, 15) is 24.3 Å². The second-order valence-corrected chi connectivity index (χ2v) is 9.89. The molecule has 0 bridgehead atoms. The highest BCUT2D eigenvalue weighted by Crippen LogP contribution is 2.13. The second-order valence-electron chi connectivity index (χ2n) is 9.89. The molecular weight excluding hydrogens is 526 g/mol. The van der Waals surface area contributed by atoms with Crippen molar-refractivity contribution in [3.63, 3.8) is 0 Å². The van der Waals surface area contributed by atoms with Crippen LogP contribution in [0.1, 0.15) is 62.5 Å². The van der Waals surface area contributed by atoms with Gasteiger partial charge < -0.3 is 36.8 Å². The lowest BCUT2D eigenvalue weighted by molar-refractivity contribution is -0.139. The van der Waals surface area contributed by atoms with Crippen LogP contribution < -0.4 is 27.0 Å². The van der Waals surface area contributed by atoms with Gasteiger partial charge in [-0.25, -0.2) is 14.4 Å². The van der Waals surface area contributed by atoms with E-state index in [1.807, 2.05) is 67.6 Å². The molecule has 0 aliphatic heterocycles. The average molecular weight is 570 g/mol. The van der Waals surface area contributed by atoms with Crippen LogP contribution >= 0.6 is 0 Å². The van der Waals surface area contributed by atoms with Crippen molar-refractivity contribution in [3.05, 3.63) is 71.8 Å². The molecule has 0 saturated carbocycles. The topological polar surface area (TPSA) is 172 Å². The third kappa shape index (κ3) is 13.7. The van der Waals surface area contributed by atoms with E-state index >= 15 is 0 Å². The van der Waals surface area contributed by atoms with Gasteiger partial charge in [-0.2, -0.15) is 0 Å². The normalized spacial score (nSPS) is 12.8. The number of carboxylic acid groups (broad SMARTS) is 1. The highest BCUT2D eigenvalue weighted by atomic mass is 16.5. The lowest BCUT2D eigenvalue weighted by Crippen LogP contribution is -2.53. The first kappa shape index (κ1) is 33.1. The minimum Gasteiger partial charge on any atom is -0.480 e. The van der Waals surface area contributed by atoms with Crippen LogP contribution in [-0.2, 0) is 20.9 Å². The Balaban J connectivity index is 1.86. The molecule has 224 valence electrons. The number of unbranched alkanes of at least 4 members (excludes halogenated alkanes) is 2. The Morgan fingerprint density at radius 1 is 0.829 bits per heavy atom. The molecule has 11 nitrogen and oxygen atoms in total. The maximum atomic E-state index is 13.1. The molecule has 0 saturated heterocycles. The van der Waals surface area contributed by atoms with Gasteiger partial charge in [0.1, 0.15) is 18.7 Å². The van der Waals surface area contributed by atoms with E-state index in [0.717, 1.165) is 11.1 Å². The number of hydrogen-bond acceptors (Lipinski definition) is 6. The van der Waals surface area contributed by atoms with Crippen molar-refractivity contribution in [2.24, 2.45) is 5.73 Å². The molecule has 2 aromatic carbocycles. The smallest absolute Gasteiger partial charge is 0.407 e. The first-order valence-corrected chi connectivity index (χ1v) is 14.1. The Morgan fingerprint density at radius 2 is 1.44 bits per heavy atom. The monoisotopic (exact) mass is 569 g/mol. The number of urea groups is 1. The van der Waals surface area contributed by atoms with Gasteiger partial charge in [-0.3, -0.25) is 4.79 Å². The number of carbonyl (C=O) groups is 4. The number of alkyl carbamates (subject to hydrolysis) is 1. The minimum absolute atomic E-state index is 0.0552. The molecule has 0 aromatic heterocycles. The number of nitrogens with two attached hydrogens (primary N) is 1. The summed E-state index contributed by atoms with van der Waals surface area (Å²) < 4.78 is 5.19. The van der Waals surface area contributed by atoms with Gasteiger partial charge in [0.2, 0.25) is 5.91 Å². The third-order valence-corrected chi connectivity index (χ3v) is 6.52. The number of ether oxygens (including phenoxy) is 1. The predicted octanol–water partition coefficient (Wildman–Crippen LogP) is 3.25. The SMILES string of the molecule is CC(CNC(=O)[C@@H](CCCCNC(=O)OCc1ccccc1)NC(=O)N[C@@H](CCCCN)C(=O)O)c1ccccc1. The summed E-state index contributed by atoms with van der Waals surface area (Å²) in [6.07, 6.45) is 2.25. The standard InChI is InChI=1S/C30H43N5O6/c1-22(24-14-6-3-7-15-24)20-33-27(36)25(34-29(39)35-26(28(37)38)17-8-10-18-31)16-9-11-19-32-30(40)41-21-23-12-4-2-5-13-23/h2-7,12-15,22,25-26H,8-11,16-21,31H2,1H3,(H,32,40)(H,33,36)(H,37,38)(H2,34,35,39)/t22?,25-,26+/m1/s1. The summed E-state index contributed by atoms with van der Waals surface area (Å²) >= 11 is 0. The van der Waals surface area contributed by atoms with Crippen LogP contribution in [-0.4, -0.2) is 60.8 Å². The first-order chi connectivity index (χ1) is 19.8. The Hall–Kier alpha value is -4.12. The molecule has 11 heteroatoms. The molecule has 41 heavy (non-hydrogen) atoms. The van der Waals surface area contributed by atoms with Crippen molar-refractivity contribution in [1.82, 2.24) is 21.3 Å². The number of benzene rings is 2. The van der Waals surface area contributed by atoms with Gasteiger partial charge in [-0.05, 0) is 62.1 Å². The highest BCUT2D eigenvalue weighted by Gasteiger charge is 2.24. The highest BCUT2D eigenvalue weighted by molar-refractivity contribution is 5.88. The van der Waals surface area contributed by atoms with E-state index in [1.54, 1.807) is 0 Å². The van der Waals surface area contributed by atoms with Crippen molar-refractivity contribution < 1.29 is 29.0 Å². The number of carboxylic acids is 1. The van der Waals surface area contributed by atoms with Gasteiger partial charge in [0.15, 0.2) is 0 Å². The zero-order valence-corrected chi connectivity index (χ0v) is 23.6. The number of amides is 4. The lowest BCUT2D eigenvalue weighted by atomic mass is 10.0. The summed E-state index contributed by atoms with van der Waals surface area (Å²) in [6, 6.07) is 16.4. The summed E-state index contributed by atoms with van der Waals surface area (Å²) in [5.41, 5.74) is 7.43. The molecule has 4 amide bonds. The molecule has 3 atom stereocenters. The summed E-state index contributed by atoms with van der Waals surface area (Å²) in [4.78, 5) is 49.3. The van der Waals surface area contributed by atoms with Crippen molar-refractivity contribution in [2.75, 3.05) is 19.6 Å². The van der Waals surface area contributed by atoms with Gasteiger partial charge >= 0.3 is 18.1 Å². The van der Waals surface area contributed by atoms with Gasteiger partial charge in [-0.15, -0.1) is 0 Å². The Bertz CT molecular complexity index is 1070. The van der Waals surface area contributed by atoms with Crippen molar-refractivity contribution in [1.29, 1.82) is 0 Å². The summed E-state index contributed by atoms with van der Waals surface area (Å²) in [7, 11) is 0. The summed E-state index contributed by atoms with van der Waals surface area (Å²) in [5.74, 6) is -1.46. The first-order valence-electron chi connectivity index (χ1n) is 14.1. The van der Waals surface area contributed by atoms with Gasteiger partial charge in [0.25, 0.3) is 0 Å². The van der Waals surface area contributed by atoms with Crippen molar-refractivity contribution in [2.45, 2.75) is 70.1 Å². The van der Waals surface area contributed by atoms with Gasteiger partial charge in [-0.1, -0.05) is 67.6 Å². The quantitative estimate of drug-likeness (QED) is 0.150. The second kappa shape index (κ2) is 19.0. The fourth-order valence-electron chi connectivity index (χ4n) is 4.09. The summed E-state index contributed by atoms with van der Waals surface area (Å²) in [5, 5.41) is 20.1. The fourth-order valence-corrected chi connectivity index (χ4v) is 4.09. The van der Waals surface area contributed by atoms with Gasteiger partial charge in [0, 0.05) is 13.1 Å². The van der Waals surface area contributed by atoms with Crippen LogP contribution in [0.3, 0.4) is 0 Å². The minimum atomic E-state index is -1.15. The number of nitrogens with one attached hydrogen (secondary N) is 4. The molecule has 1 unspecified atom stereocenters. The number of carbonyl (C=O) groups excluding carboxylic acids is 3. The molecule has 0 radical (unpaired) electrons. The van der Waals surface area contributed by atoms with Crippen molar-refractivity contribution in [3.8, 4) is 0 Å². The van der Waals surface area contributed by atoms with E-state index in [4.69, 9.17) is 10.5 Å². The van der Waals surface area contributed by atoms with Crippen LogP contribution in [0.5, 0.6) is 0 Å². The molecule has 2 rings (SSSR count). The van der Waals surface area contributed by atoms with Crippen LogP contribution in [0.4, 0.5) is 9.59 Å². The molecule has 2 aromatic rings. The molecule has 0 aliphatic carbocycles. The number of rotatable bonds is 18. The predicted molar refractivity (Wildman–Crippen MR) is 156 cm³/mol. The van der Waals surface area contributed by atoms with Crippen LogP contribution in [0.25, 0.3) is 0 Å². The Morgan fingerprint density at radius 3 is 2.10 bits per heavy atom. The lowest BCUT2D eigenvalue weighted by Gasteiger charge is -2.22. The Kier molecular flexibility index (Phi) is 15.4. The summed E-state index contributed by atoms with van der Waals surface area (Å²) in [6.45, 7) is 3.29. The van der Waals surface area contributed by atoms with E-state index in [-0.39, 0.29) is 24.9 Å². The van der Waals surface area contributed by atoms with E-state index in [0.29, 0.717) is 51.7 Å². The Labute approximate surface area is 241 Å². The van der Waals surface area contributed by atoms with E-state index < -0.39 is 30.2 Å². The number of aliphatic carboxylic acids is 1. The van der Waals surface area contributed by atoms with Crippen LogP contribution in [0.15, 0.2) is 60.7 Å². The van der Waals surface area contributed by atoms with E-state index in [2.05, 4.69) is 21.3 Å². The third-order valence-electron chi connectivity index (χ3n) is 6.52.